The average molecular weight is 114 g/mol. The number of nitrogens with zero attached hydrogens (tertiary/aromatic N) is 2. The molecule has 0 aliphatic rings. The Morgan fingerprint density at radius 2 is 2.50 bits per heavy atom. The molecule has 0 unspecified atom stereocenters. The zero-order valence-corrected chi connectivity index (χ0v) is 4.89. The second-order valence-corrected chi connectivity index (χ2v) is 1.28. The van der Waals surface area contributed by atoms with E-state index in [2.05, 4.69) is 28.3 Å². The van der Waals surface area contributed by atoms with E-state index < -0.39 is 0 Å². The van der Waals surface area contributed by atoms with Crippen LogP contribution in [0.3, 0.4) is 0 Å². The fourth-order valence-corrected chi connectivity index (χ4v) is 0.179. The van der Waals surface area contributed by atoms with Crippen molar-refractivity contribution in [3.8, 4) is 0 Å². The maximum Gasteiger partial charge on any atom is 0.0279 e. The van der Waals surface area contributed by atoms with Gasteiger partial charge in [0.05, 0.1) is 0 Å². The first kappa shape index (κ1) is 6.94. The molecule has 0 aliphatic heterocycles. The smallest absolute Gasteiger partial charge is 0.0279 e. The highest BCUT2D eigenvalue weighted by atomic mass is 15.5. The van der Waals surface area contributed by atoms with E-state index in [1.165, 1.54) is 0 Å². The minimum Gasteiger partial charge on any atom is -0.303 e. The van der Waals surface area contributed by atoms with E-state index in [9.17, 15) is 0 Å². The molecule has 3 N–H and O–H groups in total. The minimum absolute atomic E-state index is 0.805. The Hall–Kier alpha value is -1.06. The van der Waals surface area contributed by atoms with Crippen molar-refractivity contribution >= 4 is 0 Å². The molecule has 46 valence electrons. The van der Waals surface area contributed by atoms with E-state index in [1.54, 1.807) is 0 Å². The van der Waals surface area contributed by atoms with Gasteiger partial charge in [-0.1, -0.05) is 23.9 Å². The Kier molecular flexibility index (Phi) is 3.56. The SMILES string of the molecule is C=C(CC)N/N=N\N. The van der Waals surface area contributed by atoms with Gasteiger partial charge in [0.25, 0.3) is 0 Å². The summed E-state index contributed by atoms with van der Waals surface area (Å²) >= 11 is 0. The maximum absolute atomic E-state index is 4.69. The van der Waals surface area contributed by atoms with Crippen LogP contribution in [-0.4, -0.2) is 0 Å². The van der Waals surface area contributed by atoms with Crippen LogP contribution in [0.2, 0.25) is 0 Å². The largest absolute Gasteiger partial charge is 0.303 e. The number of nitrogens with one attached hydrogen (secondary N) is 1. The van der Waals surface area contributed by atoms with Gasteiger partial charge in [-0.15, -0.1) is 0 Å². The summed E-state index contributed by atoms with van der Waals surface area (Å²) < 4.78 is 0. The minimum atomic E-state index is 0.805. The van der Waals surface area contributed by atoms with E-state index in [1.807, 2.05) is 6.92 Å². The number of rotatable bonds is 3. The van der Waals surface area contributed by atoms with Gasteiger partial charge < -0.3 is 5.84 Å². The summed E-state index contributed by atoms with van der Waals surface area (Å²) in [7, 11) is 0. The third kappa shape index (κ3) is 3.14. The van der Waals surface area contributed by atoms with Crippen molar-refractivity contribution < 1.29 is 0 Å². The molecule has 0 aromatic heterocycles. The standard InChI is InChI=1S/C4H10N4/c1-3-4(2)6-8-7-5/h2-3H2,1H3,(H2,5,8)(H,6,7). The van der Waals surface area contributed by atoms with Crippen LogP contribution in [-0.2, 0) is 0 Å². The first-order chi connectivity index (χ1) is 3.81. The highest BCUT2D eigenvalue weighted by Crippen LogP contribution is 1.87. The second kappa shape index (κ2) is 4.11. The first-order valence-electron chi connectivity index (χ1n) is 2.35. The van der Waals surface area contributed by atoms with Crippen molar-refractivity contribution in [2.75, 3.05) is 0 Å². The lowest BCUT2D eigenvalue weighted by Crippen LogP contribution is -2.01. The van der Waals surface area contributed by atoms with Crippen LogP contribution in [0.5, 0.6) is 0 Å². The molecule has 0 bridgehead atoms. The van der Waals surface area contributed by atoms with Crippen molar-refractivity contribution in [2.24, 2.45) is 16.3 Å². The molecule has 4 nitrogen and oxygen atoms in total. The summed E-state index contributed by atoms with van der Waals surface area (Å²) in [6.45, 7) is 5.55. The Bertz CT molecular complexity index is 96.2. The monoisotopic (exact) mass is 114 g/mol. The topological polar surface area (TPSA) is 62.8 Å². The molecule has 0 rings (SSSR count). The second-order valence-electron chi connectivity index (χ2n) is 1.28. The molecule has 0 fully saturated rings. The van der Waals surface area contributed by atoms with Gasteiger partial charge in [-0.3, -0.25) is 5.43 Å². The summed E-state index contributed by atoms with van der Waals surface area (Å²) in [4.78, 5) is 0. The van der Waals surface area contributed by atoms with E-state index in [-0.39, 0.29) is 0 Å². The van der Waals surface area contributed by atoms with E-state index in [0.29, 0.717) is 0 Å². The van der Waals surface area contributed by atoms with Crippen LogP contribution in [0.1, 0.15) is 13.3 Å². The van der Waals surface area contributed by atoms with Gasteiger partial charge in [-0.25, -0.2) is 0 Å². The summed E-state index contributed by atoms with van der Waals surface area (Å²) in [6.07, 6.45) is 0.832. The van der Waals surface area contributed by atoms with Gasteiger partial charge in [0.1, 0.15) is 0 Å². The average Bonchev–Trinajstić information content (AvgIpc) is 1.83. The van der Waals surface area contributed by atoms with Crippen molar-refractivity contribution in [3.63, 3.8) is 0 Å². The van der Waals surface area contributed by atoms with E-state index >= 15 is 0 Å². The Morgan fingerprint density at radius 1 is 1.88 bits per heavy atom. The molecule has 8 heavy (non-hydrogen) atoms. The lowest BCUT2D eigenvalue weighted by molar-refractivity contribution is 0.752. The summed E-state index contributed by atoms with van der Waals surface area (Å²) in [5.41, 5.74) is 3.33. The highest BCUT2D eigenvalue weighted by Gasteiger charge is 1.80. The van der Waals surface area contributed by atoms with Crippen molar-refractivity contribution in [1.82, 2.24) is 5.43 Å². The molecule has 0 radical (unpaired) electrons. The normalized spacial score (nSPS) is 9.62. The molecular weight excluding hydrogens is 104 g/mol. The van der Waals surface area contributed by atoms with Crippen LogP contribution >= 0.6 is 0 Å². The zero-order chi connectivity index (χ0) is 6.41. The summed E-state index contributed by atoms with van der Waals surface area (Å²) in [5.74, 6) is 4.69. The third-order valence-electron chi connectivity index (χ3n) is 0.693. The predicted molar refractivity (Wildman–Crippen MR) is 31.6 cm³/mol. The van der Waals surface area contributed by atoms with Crippen molar-refractivity contribution in [1.29, 1.82) is 0 Å². The van der Waals surface area contributed by atoms with Gasteiger partial charge in [-0.2, -0.15) is 0 Å². The summed E-state index contributed by atoms with van der Waals surface area (Å²) in [5, 5.41) is 6.27. The Labute approximate surface area is 48.4 Å². The zero-order valence-electron chi connectivity index (χ0n) is 4.89. The third-order valence-corrected chi connectivity index (χ3v) is 0.693. The predicted octanol–water partition coefficient (Wildman–Crippen LogP) is 0.741. The van der Waals surface area contributed by atoms with E-state index in [0.717, 1.165) is 12.1 Å². The lowest BCUT2D eigenvalue weighted by Gasteiger charge is -1.94. The Morgan fingerprint density at radius 3 is 2.88 bits per heavy atom. The first-order valence-corrected chi connectivity index (χ1v) is 2.35. The van der Waals surface area contributed by atoms with Crippen LogP contribution in [0, 0.1) is 0 Å². The molecule has 0 amide bonds. The number of nitrogens with two attached hydrogens (primary N) is 1. The molecule has 0 spiro atoms. The van der Waals surface area contributed by atoms with Crippen LogP contribution in [0.4, 0.5) is 0 Å². The van der Waals surface area contributed by atoms with Gasteiger partial charge in [0, 0.05) is 5.70 Å². The molecule has 0 atom stereocenters. The fraction of sp³-hybridized carbons (Fsp3) is 0.500. The van der Waals surface area contributed by atoms with Gasteiger partial charge in [0.2, 0.25) is 0 Å². The van der Waals surface area contributed by atoms with Gasteiger partial charge in [0.15, 0.2) is 0 Å². The number of hydrogen-bond donors (Lipinski definition) is 2. The highest BCUT2D eigenvalue weighted by molar-refractivity contribution is 4.86. The lowest BCUT2D eigenvalue weighted by atomic mass is 10.4. The van der Waals surface area contributed by atoms with Crippen LogP contribution in [0.25, 0.3) is 0 Å². The molecule has 4 heteroatoms. The van der Waals surface area contributed by atoms with Crippen molar-refractivity contribution in [3.05, 3.63) is 12.3 Å². The van der Waals surface area contributed by atoms with Crippen molar-refractivity contribution in [2.45, 2.75) is 13.3 Å². The fourth-order valence-electron chi connectivity index (χ4n) is 0.179. The molecular formula is C4H10N4. The summed E-state index contributed by atoms with van der Waals surface area (Å²) in [6, 6.07) is 0. The quantitative estimate of drug-likeness (QED) is 0.323. The molecule has 0 aromatic rings. The molecule has 0 saturated carbocycles. The molecule has 0 aromatic carbocycles. The number of allylic oxidation sites excluding steroid dienone is 1. The maximum atomic E-state index is 4.69. The van der Waals surface area contributed by atoms with Gasteiger partial charge in [-0.05, 0) is 6.42 Å². The van der Waals surface area contributed by atoms with Crippen LogP contribution < -0.4 is 11.3 Å². The molecule has 0 aliphatic carbocycles. The molecule has 0 heterocycles. The van der Waals surface area contributed by atoms with Crippen LogP contribution in [0.15, 0.2) is 22.7 Å². The molecule has 0 saturated heterocycles. The van der Waals surface area contributed by atoms with E-state index in [4.69, 9.17) is 0 Å². The Balaban J connectivity index is 3.25. The number of hydrogen-bond acceptors (Lipinski definition) is 2. The van der Waals surface area contributed by atoms with Gasteiger partial charge >= 0.3 is 0 Å².